The van der Waals surface area contributed by atoms with E-state index in [0.717, 1.165) is 25.9 Å². The van der Waals surface area contributed by atoms with E-state index in [9.17, 15) is 4.79 Å². The van der Waals surface area contributed by atoms with Crippen molar-refractivity contribution in [2.75, 3.05) is 24.6 Å². The van der Waals surface area contributed by atoms with Crippen LogP contribution in [0.1, 0.15) is 32.6 Å². The number of nitrogens with one attached hydrogen (secondary N) is 1. The van der Waals surface area contributed by atoms with Gasteiger partial charge in [-0.15, -0.1) is 0 Å². The molecular weight excluding hydrogens is 220 g/mol. The predicted molar refractivity (Wildman–Crippen MR) is 68.8 cm³/mol. The molecule has 2 rings (SSSR count). The van der Waals surface area contributed by atoms with Gasteiger partial charge in [0.2, 0.25) is 5.91 Å². The molecule has 1 atom stereocenters. The molecule has 0 radical (unpaired) electrons. The molecule has 4 heteroatoms. The van der Waals surface area contributed by atoms with E-state index >= 15 is 0 Å². The lowest BCUT2D eigenvalue weighted by Crippen LogP contribution is -2.48. The van der Waals surface area contributed by atoms with Gasteiger partial charge in [-0.1, -0.05) is 0 Å². The molecule has 16 heavy (non-hydrogen) atoms. The Morgan fingerprint density at radius 1 is 1.25 bits per heavy atom. The second-order valence-corrected chi connectivity index (χ2v) is 6.01. The molecule has 1 N–H and O–H groups in total. The fourth-order valence-electron chi connectivity index (χ4n) is 2.57. The van der Waals surface area contributed by atoms with Crippen LogP contribution in [-0.2, 0) is 4.79 Å². The Hall–Kier alpha value is -0.220. The van der Waals surface area contributed by atoms with Crippen molar-refractivity contribution in [3.05, 3.63) is 0 Å². The van der Waals surface area contributed by atoms with E-state index in [-0.39, 0.29) is 5.91 Å². The fourth-order valence-corrected chi connectivity index (χ4v) is 3.65. The Balaban J connectivity index is 1.70. The highest BCUT2D eigenvalue weighted by Gasteiger charge is 2.23. The normalized spacial score (nSPS) is 28.1. The van der Waals surface area contributed by atoms with Crippen molar-refractivity contribution >= 4 is 17.7 Å². The number of amides is 1. The van der Waals surface area contributed by atoms with Crippen LogP contribution in [0.3, 0.4) is 0 Å². The van der Waals surface area contributed by atoms with Gasteiger partial charge in [-0.05, 0) is 31.4 Å². The lowest BCUT2D eigenvalue weighted by Gasteiger charge is -2.35. The number of piperidine rings is 1. The minimum atomic E-state index is 0.228. The number of carbonyl (C=O) groups is 1. The smallest absolute Gasteiger partial charge is 0.219 e. The second kappa shape index (κ2) is 5.92. The van der Waals surface area contributed by atoms with Crippen molar-refractivity contribution in [1.82, 2.24) is 10.2 Å². The standard InChI is InChI=1S/C12H22N2OS/c1-10(15)14-6-4-11(5-7-14)13-12-3-2-8-16-9-12/h11-13H,2-9H2,1H3. The summed E-state index contributed by atoms with van der Waals surface area (Å²) in [6, 6.07) is 1.35. The van der Waals surface area contributed by atoms with Gasteiger partial charge in [0.25, 0.3) is 0 Å². The van der Waals surface area contributed by atoms with E-state index in [4.69, 9.17) is 0 Å². The maximum Gasteiger partial charge on any atom is 0.219 e. The quantitative estimate of drug-likeness (QED) is 0.796. The van der Waals surface area contributed by atoms with E-state index in [1.54, 1.807) is 6.92 Å². The number of thioether (sulfide) groups is 1. The van der Waals surface area contributed by atoms with Crippen LogP contribution in [0.15, 0.2) is 0 Å². The molecule has 0 aliphatic carbocycles. The van der Waals surface area contributed by atoms with Crippen molar-refractivity contribution in [2.24, 2.45) is 0 Å². The van der Waals surface area contributed by atoms with Crippen LogP contribution >= 0.6 is 11.8 Å². The minimum absolute atomic E-state index is 0.228. The Morgan fingerprint density at radius 3 is 2.56 bits per heavy atom. The molecule has 3 nitrogen and oxygen atoms in total. The van der Waals surface area contributed by atoms with Crippen molar-refractivity contribution in [3.63, 3.8) is 0 Å². The summed E-state index contributed by atoms with van der Waals surface area (Å²) in [6.45, 7) is 3.55. The zero-order valence-corrected chi connectivity index (χ0v) is 10.9. The summed E-state index contributed by atoms with van der Waals surface area (Å²) in [7, 11) is 0. The summed E-state index contributed by atoms with van der Waals surface area (Å²) in [6.07, 6.45) is 4.94. The molecule has 1 unspecified atom stereocenters. The van der Waals surface area contributed by atoms with Gasteiger partial charge in [0, 0.05) is 37.8 Å². The van der Waals surface area contributed by atoms with Crippen molar-refractivity contribution in [3.8, 4) is 0 Å². The molecule has 2 aliphatic heterocycles. The third-order valence-corrected chi connectivity index (χ3v) is 4.79. The van der Waals surface area contributed by atoms with Gasteiger partial charge >= 0.3 is 0 Å². The van der Waals surface area contributed by atoms with Gasteiger partial charge in [0.05, 0.1) is 0 Å². The van der Waals surface area contributed by atoms with Crippen LogP contribution in [0.2, 0.25) is 0 Å². The molecule has 2 fully saturated rings. The van der Waals surface area contributed by atoms with Gasteiger partial charge < -0.3 is 10.2 Å². The first kappa shape index (κ1) is 12.2. The first-order chi connectivity index (χ1) is 7.75. The summed E-state index contributed by atoms with van der Waals surface area (Å²) in [5, 5.41) is 3.76. The van der Waals surface area contributed by atoms with Crippen LogP contribution in [0.5, 0.6) is 0 Å². The zero-order chi connectivity index (χ0) is 11.4. The highest BCUT2D eigenvalue weighted by molar-refractivity contribution is 7.99. The van der Waals surface area contributed by atoms with Crippen molar-refractivity contribution < 1.29 is 4.79 Å². The van der Waals surface area contributed by atoms with Crippen LogP contribution in [0.4, 0.5) is 0 Å². The Bertz CT molecular complexity index is 233. The van der Waals surface area contributed by atoms with Gasteiger partial charge in [-0.25, -0.2) is 0 Å². The Labute approximate surface area is 102 Å². The fraction of sp³-hybridized carbons (Fsp3) is 0.917. The zero-order valence-electron chi connectivity index (χ0n) is 10.1. The molecule has 0 bridgehead atoms. The molecule has 0 saturated carbocycles. The molecular formula is C12H22N2OS. The third-order valence-electron chi connectivity index (χ3n) is 3.57. The lowest BCUT2D eigenvalue weighted by atomic mass is 10.0. The minimum Gasteiger partial charge on any atom is -0.343 e. The second-order valence-electron chi connectivity index (χ2n) is 4.86. The van der Waals surface area contributed by atoms with Gasteiger partial charge in [0.1, 0.15) is 0 Å². The number of nitrogens with zero attached hydrogens (tertiary/aromatic N) is 1. The van der Waals surface area contributed by atoms with Crippen molar-refractivity contribution in [1.29, 1.82) is 0 Å². The molecule has 0 aromatic rings. The van der Waals surface area contributed by atoms with Gasteiger partial charge in [0.15, 0.2) is 0 Å². The molecule has 2 saturated heterocycles. The highest BCUT2D eigenvalue weighted by Crippen LogP contribution is 2.19. The number of likely N-dealkylation sites (tertiary alicyclic amines) is 1. The summed E-state index contributed by atoms with van der Waals surface area (Å²) in [5.41, 5.74) is 0. The predicted octanol–water partition coefficient (Wildman–Crippen LogP) is 1.48. The topological polar surface area (TPSA) is 32.3 Å². The first-order valence-corrected chi connectivity index (χ1v) is 7.50. The third kappa shape index (κ3) is 3.39. The molecule has 2 aliphatic rings. The van der Waals surface area contributed by atoms with Gasteiger partial charge in [-0.3, -0.25) is 4.79 Å². The number of hydrogen-bond acceptors (Lipinski definition) is 3. The summed E-state index contributed by atoms with van der Waals surface area (Å²) in [4.78, 5) is 13.2. The first-order valence-electron chi connectivity index (χ1n) is 6.35. The molecule has 0 aromatic carbocycles. The maximum absolute atomic E-state index is 11.2. The highest BCUT2D eigenvalue weighted by atomic mass is 32.2. The SMILES string of the molecule is CC(=O)N1CCC(NC2CCCSC2)CC1. The largest absolute Gasteiger partial charge is 0.343 e. The lowest BCUT2D eigenvalue weighted by molar-refractivity contribution is -0.129. The average molecular weight is 242 g/mol. The van der Waals surface area contributed by atoms with E-state index in [0.29, 0.717) is 12.1 Å². The van der Waals surface area contributed by atoms with Crippen LogP contribution in [0, 0.1) is 0 Å². The number of rotatable bonds is 2. The van der Waals surface area contributed by atoms with E-state index < -0.39 is 0 Å². The molecule has 0 aromatic heterocycles. The van der Waals surface area contributed by atoms with Crippen LogP contribution in [0.25, 0.3) is 0 Å². The molecule has 1 amide bonds. The van der Waals surface area contributed by atoms with Gasteiger partial charge in [-0.2, -0.15) is 11.8 Å². The average Bonchev–Trinajstić information content (AvgIpc) is 2.31. The Morgan fingerprint density at radius 2 is 2.00 bits per heavy atom. The van der Waals surface area contributed by atoms with E-state index in [1.807, 2.05) is 4.90 Å². The number of carbonyl (C=O) groups excluding carboxylic acids is 1. The van der Waals surface area contributed by atoms with Crippen LogP contribution < -0.4 is 5.32 Å². The monoisotopic (exact) mass is 242 g/mol. The van der Waals surface area contributed by atoms with Crippen LogP contribution in [-0.4, -0.2) is 47.5 Å². The number of hydrogen-bond donors (Lipinski definition) is 1. The summed E-state index contributed by atoms with van der Waals surface area (Å²) >= 11 is 2.07. The maximum atomic E-state index is 11.2. The molecule has 2 heterocycles. The molecule has 0 spiro atoms. The van der Waals surface area contributed by atoms with E-state index in [1.165, 1.54) is 24.3 Å². The summed E-state index contributed by atoms with van der Waals surface area (Å²) < 4.78 is 0. The molecule has 92 valence electrons. The van der Waals surface area contributed by atoms with E-state index in [2.05, 4.69) is 17.1 Å². The Kier molecular flexibility index (Phi) is 4.53. The van der Waals surface area contributed by atoms with Crippen molar-refractivity contribution in [2.45, 2.75) is 44.7 Å². The summed E-state index contributed by atoms with van der Waals surface area (Å²) in [5.74, 6) is 2.83.